The zero-order chi connectivity index (χ0) is 17.3. The highest BCUT2D eigenvalue weighted by Gasteiger charge is 2.26. The Bertz CT molecular complexity index is 716. The number of likely N-dealkylation sites (tertiary alicyclic amines) is 1. The molecule has 0 N–H and O–H groups in total. The number of carbonyl (C=O) groups excluding carboxylic acids is 1. The second-order valence-corrected chi connectivity index (χ2v) is 7.83. The van der Waals surface area contributed by atoms with E-state index in [4.69, 9.17) is 4.42 Å². The summed E-state index contributed by atoms with van der Waals surface area (Å²) in [5, 5.41) is 9.10. The number of carbonyl (C=O) groups is 1. The summed E-state index contributed by atoms with van der Waals surface area (Å²) in [6, 6.07) is 1.89. The molecule has 2 aromatic rings. The van der Waals surface area contributed by atoms with Crippen molar-refractivity contribution < 1.29 is 9.21 Å². The third-order valence-electron chi connectivity index (χ3n) is 4.66. The van der Waals surface area contributed by atoms with Crippen molar-refractivity contribution in [1.29, 1.82) is 0 Å². The normalized spacial score (nSPS) is 17.2. The summed E-state index contributed by atoms with van der Waals surface area (Å²) < 4.78 is 7.26. The van der Waals surface area contributed by atoms with Crippen LogP contribution in [-0.4, -0.2) is 43.9 Å². The second-order valence-electron chi connectivity index (χ2n) is 6.52. The van der Waals surface area contributed by atoms with Gasteiger partial charge < -0.3 is 13.9 Å². The van der Waals surface area contributed by atoms with Crippen molar-refractivity contribution in [2.45, 2.75) is 44.0 Å². The average Bonchev–Trinajstić information content (AvgIpc) is 3.14. The van der Waals surface area contributed by atoms with Gasteiger partial charge in [0.2, 0.25) is 5.91 Å². The number of amides is 1. The minimum Gasteiger partial charge on any atom is -0.469 e. The second kappa shape index (κ2) is 7.01. The lowest BCUT2D eigenvalue weighted by molar-refractivity contribution is -0.131. The average molecular weight is 348 g/mol. The van der Waals surface area contributed by atoms with Crippen molar-refractivity contribution in [3.05, 3.63) is 18.1 Å². The fraction of sp³-hybridized carbons (Fsp3) is 0.588. The molecule has 1 unspecified atom stereocenters. The van der Waals surface area contributed by atoms with E-state index in [9.17, 15) is 4.79 Å². The Morgan fingerprint density at radius 1 is 1.38 bits per heavy atom. The molecular weight excluding hydrogens is 324 g/mol. The van der Waals surface area contributed by atoms with Gasteiger partial charge in [-0.25, -0.2) is 0 Å². The Kier molecular flexibility index (Phi) is 4.99. The van der Waals surface area contributed by atoms with Gasteiger partial charge in [0.05, 0.1) is 17.1 Å². The van der Waals surface area contributed by atoms with E-state index in [0.717, 1.165) is 54.2 Å². The number of rotatable bonds is 4. The van der Waals surface area contributed by atoms with E-state index in [1.165, 1.54) is 11.8 Å². The highest BCUT2D eigenvalue weighted by atomic mass is 32.2. The van der Waals surface area contributed by atoms with Gasteiger partial charge in [-0.3, -0.25) is 4.79 Å². The number of piperidine rings is 1. The molecule has 0 bridgehead atoms. The molecular formula is C17H24N4O2S. The van der Waals surface area contributed by atoms with Crippen LogP contribution < -0.4 is 0 Å². The fourth-order valence-corrected chi connectivity index (χ4v) is 3.86. The number of aryl methyl sites for hydroxylation is 1. The summed E-state index contributed by atoms with van der Waals surface area (Å²) in [5.74, 6) is 2.48. The van der Waals surface area contributed by atoms with Gasteiger partial charge in [0, 0.05) is 20.1 Å². The minimum absolute atomic E-state index is 0.167. The van der Waals surface area contributed by atoms with Crippen molar-refractivity contribution in [2.24, 2.45) is 13.0 Å². The molecule has 7 heteroatoms. The predicted molar refractivity (Wildman–Crippen MR) is 93.7 cm³/mol. The van der Waals surface area contributed by atoms with Crippen LogP contribution in [0.2, 0.25) is 0 Å². The number of hydrogen-bond acceptors (Lipinski definition) is 5. The van der Waals surface area contributed by atoms with Gasteiger partial charge in [-0.15, -0.1) is 10.2 Å². The quantitative estimate of drug-likeness (QED) is 0.794. The molecule has 0 aliphatic carbocycles. The van der Waals surface area contributed by atoms with Crippen molar-refractivity contribution in [2.75, 3.05) is 13.1 Å². The first-order valence-corrected chi connectivity index (χ1v) is 9.24. The van der Waals surface area contributed by atoms with Gasteiger partial charge in [-0.05, 0) is 38.7 Å². The molecule has 130 valence electrons. The number of nitrogens with zero attached hydrogens (tertiary/aromatic N) is 4. The van der Waals surface area contributed by atoms with Gasteiger partial charge in [0.15, 0.2) is 11.0 Å². The molecule has 1 fully saturated rings. The topological polar surface area (TPSA) is 64.2 Å². The highest BCUT2D eigenvalue weighted by Crippen LogP contribution is 2.29. The molecule has 6 nitrogen and oxygen atoms in total. The highest BCUT2D eigenvalue weighted by molar-refractivity contribution is 8.00. The van der Waals surface area contributed by atoms with Gasteiger partial charge in [-0.1, -0.05) is 18.7 Å². The summed E-state index contributed by atoms with van der Waals surface area (Å²) in [6.07, 6.45) is 3.84. The van der Waals surface area contributed by atoms with Crippen LogP contribution in [0.25, 0.3) is 11.4 Å². The third-order valence-corrected chi connectivity index (χ3v) is 5.78. The molecule has 3 heterocycles. The first-order chi connectivity index (χ1) is 11.5. The SMILES string of the molecule is Cc1occc1-c1nnc(SC(C)C(=O)N2CCC(C)CC2)n1C. The predicted octanol–water partition coefficient (Wildman–Crippen LogP) is 3.12. The standard InChI is InChI=1S/C17H24N4O2S/c1-11-5-8-21(9-6-11)16(22)13(3)24-17-19-18-15(20(17)4)14-7-10-23-12(14)2/h7,10-11,13H,5-6,8-9H2,1-4H3. The summed E-state index contributed by atoms with van der Waals surface area (Å²) in [4.78, 5) is 14.6. The van der Waals surface area contributed by atoms with Crippen LogP contribution in [0.4, 0.5) is 0 Å². The molecule has 2 aromatic heterocycles. The van der Waals surface area contributed by atoms with Gasteiger partial charge >= 0.3 is 0 Å². The Hall–Kier alpha value is -1.76. The zero-order valence-electron chi connectivity index (χ0n) is 14.7. The molecule has 0 aromatic carbocycles. The maximum atomic E-state index is 12.6. The molecule has 0 saturated carbocycles. The Labute approximate surface area is 146 Å². The van der Waals surface area contributed by atoms with Crippen molar-refractivity contribution in [3.63, 3.8) is 0 Å². The number of thioether (sulfide) groups is 1. The minimum atomic E-state index is -0.167. The van der Waals surface area contributed by atoms with E-state index >= 15 is 0 Å². The number of aromatic nitrogens is 3. The Morgan fingerprint density at radius 2 is 2.08 bits per heavy atom. The smallest absolute Gasteiger partial charge is 0.235 e. The van der Waals surface area contributed by atoms with Crippen LogP contribution in [0.5, 0.6) is 0 Å². The van der Waals surface area contributed by atoms with E-state index in [2.05, 4.69) is 17.1 Å². The number of hydrogen-bond donors (Lipinski definition) is 0. The van der Waals surface area contributed by atoms with E-state index in [1.807, 2.05) is 36.4 Å². The van der Waals surface area contributed by atoms with Crippen LogP contribution >= 0.6 is 11.8 Å². The van der Waals surface area contributed by atoms with Crippen LogP contribution in [0.1, 0.15) is 32.4 Å². The van der Waals surface area contributed by atoms with Crippen LogP contribution in [0.3, 0.4) is 0 Å². The van der Waals surface area contributed by atoms with Crippen molar-refractivity contribution >= 4 is 17.7 Å². The first kappa shape index (κ1) is 17.1. The van der Waals surface area contributed by atoms with Gasteiger partial charge in [0.1, 0.15) is 5.76 Å². The van der Waals surface area contributed by atoms with E-state index in [-0.39, 0.29) is 11.2 Å². The Morgan fingerprint density at radius 3 is 2.71 bits per heavy atom. The fourth-order valence-electron chi connectivity index (χ4n) is 2.96. The van der Waals surface area contributed by atoms with E-state index < -0.39 is 0 Å². The molecule has 3 rings (SSSR count). The first-order valence-electron chi connectivity index (χ1n) is 8.36. The lowest BCUT2D eigenvalue weighted by Crippen LogP contribution is -2.41. The summed E-state index contributed by atoms with van der Waals surface area (Å²) >= 11 is 1.46. The molecule has 1 amide bonds. The Balaban J connectivity index is 1.69. The molecule has 24 heavy (non-hydrogen) atoms. The maximum Gasteiger partial charge on any atom is 0.235 e. The van der Waals surface area contributed by atoms with E-state index in [0.29, 0.717) is 0 Å². The zero-order valence-corrected chi connectivity index (χ0v) is 15.5. The maximum absolute atomic E-state index is 12.6. The molecule has 1 atom stereocenters. The van der Waals surface area contributed by atoms with Gasteiger partial charge in [-0.2, -0.15) is 0 Å². The van der Waals surface area contributed by atoms with E-state index in [1.54, 1.807) is 6.26 Å². The lowest BCUT2D eigenvalue weighted by atomic mass is 9.99. The lowest BCUT2D eigenvalue weighted by Gasteiger charge is -2.31. The molecule has 0 spiro atoms. The van der Waals surface area contributed by atoms with Gasteiger partial charge in [0.25, 0.3) is 0 Å². The molecule has 1 aliphatic rings. The molecule has 1 aliphatic heterocycles. The van der Waals surface area contributed by atoms with Crippen LogP contribution in [0.15, 0.2) is 21.9 Å². The number of furan rings is 1. The summed E-state index contributed by atoms with van der Waals surface area (Å²) in [5.41, 5.74) is 0.931. The molecule has 1 saturated heterocycles. The van der Waals surface area contributed by atoms with Crippen molar-refractivity contribution in [3.8, 4) is 11.4 Å². The largest absolute Gasteiger partial charge is 0.469 e. The monoisotopic (exact) mass is 348 g/mol. The van der Waals surface area contributed by atoms with Crippen LogP contribution in [0, 0.1) is 12.8 Å². The summed E-state index contributed by atoms with van der Waals surface area (Å²) in [7, 11) is 1.92. The van der Waals surface area contributed by atoms with Crippen molar-refractivity contribution in [1.82, 2.24) is 19.7 Å². The molecule has 0 radical (unpaired) electrons. The van der Waals surface area contributed by atoms with Crippen LogP contribution in [-0.2, 0) is 11.8 Å². The third kappa shape index (κ3) is 3.36. The summed E-state index contributed by atoms with van der Waals surface area (Å²) in [6.45, 7) is 7.83.